The van der Waals surface area contributed by atoms with Crippen LogP contribution in [-0.2, 0) is 32.2 Å². The molecule has 1 aliphatic rings. The minimum atomic E-state index is -0.612. The third-order valence-corrected chi connectivity index (χ3v) is 8.14. The number of aliphatic hydroxyl groups excluding tert-OH is 1. The van der Waals surface area contributed by atoms with Crippen LogP contribution >= 0.6 is 11.8 Å². The number of hydrogen-bond acceptors (Lipinski definition) is 8. The molecule has 4 rings (SSSR count). The van der Waals surface area contributed by atoms with Gasteiger partial charge in [0, 0.05) is 49.3 Å². The van der Waals surface area contributed by atoms with E-state index in [9.17, 15) is 19.9 Å². The van der Waals surface area contributed by atoms with Gasteiger partial charge >= 0.3 is 0 Å². The molecule has 0 bridgehead atoms. The topological polar surface area (TPSA) is 144 Å². The average molecular weight is 596 g/mol. The van der Waals surface area contributed by atoms with Gasteiger partial charge in [-0.25, -0.2) is 5.48 Å². The predicted molar refractivity (Wildman–Crippen MR) is 156 cm³/mol. The number of thioether (sulfide) groups is 1. The van der Waals surface area contributed by atoms with Gasteiger partial charge in [-0.1, -0.05) is 66.7 Å². The number of nitrogens with one attached hydrogen (secondary N) is 2. The summed E-state index contributed by atoms with van der Waals surface area (Å²) in [5, 5.41) is 33.6. The van der Waals surface area contributed by atoms with E-state index in [1.807, 2.05) is 54.6 Å². The molecule has 0 radical (unpaired) electrons. The number of hydrogen-bond donors (Lipinski definition) is 4. The van der Waals surface area contributed by atoms with Crippen molar-refractivity contribution in [2.75, 3.05) is 5.75 Å². The third kappa shape index (κ3) is 9.53. The highest BCUT2D eigenvalue weighted by Crippen LogP contribution is 2.39. The lowest BCUT2D eigenvalue weighted by molar-refractivity contribution is -0.645. The van der Waals surface area contributed by atoms with Crippen LogP contribution in [0.3, 0.4) is 0 Å². The molecule has 224 valence electrons. The smallest absolute Gasteiger partial charge is 0.251 e. The van der Waals surface area contributed by atoms with Crippen LogP contribution in [0, 0.1) is 5.21 Å². The van der Waals surface area contributed by atoms with Crippen molar-refractivity contribution in [3.8, 4) is 0 Å². The third-order valence-electron chi connectivity index (χ3n) is 6.99. The Kier molecular flexibility index (Phi) is 12.2. The quantitative estimate of drug-likeness (QED) is 0.0542. The zero-order valence-electron chi connectivity index (χ0n) is 23.3. The second kappa shape index (κ2) is 16.2. The number of benzene rings is 2. The maximum atomic E-state index is 12.2. The molecular formula is C31H37N3O7S. The van der Waals surface area contributed by atoms with E-state index in [2.05, 4.69) is 5.32 Å². The number of carbonyl (C=O) groups excluding carboxylic acids is 2. The normalized spacial score (nSPS) is 18.4. The van der Waals surface area contributed by atoms with Gasteiger partial charge in [-0.05, 0) is 35.6 Å². The van der Waals surface area contributed by atoms with Crippen LogP contribution in [0.2, 0.25) is 0 Å². The molecule has 0 saturated carbocycles. The lowest BCUT2D eigenvalue weighted by atomic mass is 10.0. The van der Waals surface area contributed by atoms with Gasteiger partial charge in [-0.15, -0.1) is 0 Å². The van der Waals surface area contributed by atoms with Gasteiger partial charge in [0.1, 0.15) is 0 Å². The molecule has 0 aliphatic carbocycles. The molecular weight excluding hydrogens is 558 g/mol. The number of rotatable bonds is 14. The van der Waals surface area contributed by atoms with Gasteiger partial charge in [0.25, 0.3) is 5.03 Å². The van der Waals surface area contributed by atoms with Crippen molar-refractivity contribution in [1.29, 1.82) is 0 Å². The molecule has 1 aliphatic heterocycles. The lowest BCUT2D eigenvalue weighted by Gasteiger charge is -2.36. The molecule has 3 unspecified atom stereocenters. The highest BCUT2D eigenvalue weighted by Gasteiger charge is 2.32. The second-order valence-electron chi connectivity index (χ2n) is 10.1. The summed E-state index contributed by atoms with van der Waals surface area (Å²) in [5.41, 5.74) is 5.21. The second-order valence-corrected chi connectivity index (χ2v) is 11.2. The molecule has 2 amide bonds. The number of aromatic nitrogens is 1. The standard InChI is InChI=1S/C31H37N3O7S/c35-20-23-11-13-24(14-12-23)27-18-26(21-42-30-8-4-5-17-34(30)39)40-31(41-27)25-15-9-22(10-16-25)19-32-28(36)6-2-1-3-7-29(37)33-38/h4-5,8-17,26-27,31,35,38H,1-3,6-7,18-21H2,(H,32,36)(H,33,37). The van der Waals surface area contributed by atoms with E-state index in [1.54, 1.807) is 17.6 Å². The van der Waals surface area contributed by atoms with Crippen molar-refractivity contribution in [3.63, 3.8) is 0 Å². The maximum Gasteiger partial charge on any atom is 0.251 e. The summed E-state index contributed by atoms with van der Waals surface area (Å²) in [5.74, 6) is 0.103. The lowest BCUT2D eigenvalue weighted by Crippen LogP contribution is -2.32. The van der Waals surface area contributed by atoms with Crippen LogP contribution in [0.5, 0.6) is 0 Å². The maximum absolute atomic E-state index is 12.2. The van der Waals surface area contributed by atoms with Crippen molar-refractivity contribution in [1.82, 2.24) is 10.8 Å². The minimum absolute atomic E-state index is 0.0264. The van der Waals surface area contributed by atoms with E-state index in [1.165, 1.54) is 18.0 Å². The number of unbranched alkanes of at least 4 members (excludes halogenated alkanes) is 2. The fraction of sp³-hybridized carbons (Fsp3) is 0.387. The summed E-state index contributed by atoms with van der Waals surface area (Å²) >= 11 is 1.45. The summed E-state index contributed by atoms with van der Waals surface area (Å²) in [7, 11) is 0. The number of amides is 2. The molecule has 1 aromatic heterocycles. The monoisotopic (exact) mass is 595 g/mol. The van der Waals surface area contributed by atoms with Crippen LogP contribution in [0.1, 0.15) is 73.2 Å². The molecule has 2 aromatic carbocycles. The van der Waals surface area contributed by atoms with Crippen molar-refractivity contribution in [2.45, 2.75) is 75.2 Å². The molecule has 3 aromatic rings. The summed E-state index contributed by atoms with van der Waals surface area (Å²) in [6, 6.07) is 20.7. The van der Waals surface area contributed by atoms with Crippen LogP contribution in [0.15, 0.2) is 78.0 Å². The average Bonchev–Trinajstić information content (AvgIpc) is 3.03. The zero-order valence-corrected chi connectivity index (χ0v) is 24.1. The zero-order chi connectivity index (χ0) is 29.7. The van der Waals surface area contributed by atoms with Crippen molar-refractivity contribution in [3.05, 3.63) is 100 Å². The summed E-state index contributed by atoms with van der Waals surface area (Å²) in [6.07, 6.45) is 3.71. The molecule has 11 heteroatoms. The Morgan fingerprint density at radius 2 is 1.60 bits per heavy atom. The fourth-order valence-corrected chi connectivity index (χ4v) is 5.55. The number of pyridine rings is 1. The van der Waals surface area contributed by atoms with Crippen molar-refractivity contribution in [2.24, 2.45) is 0 Å². The molecule has 0 spiro atoms. The Morgan fingerprint density at radius 1 is 0.905 bits per heavy atom. The predicted octanol–water partition coefficient (Wildman–Crippen LogP) is 4.22. The fourth-order valence-electron chi connectivity index (χ4n) is 4.61. The van der Waals surface area contributed by atoms with E-state index in [0.29, 0.717) is 43.0 Å². The van der Waals surface area contributed by atoms with E-state index < -0.39 is 12.2 Å². The minimum Gasteiger partial charge on any atom is -0.618 e. The van der Waals surface area contributed by atoms with Gasteiger partial charge in [0.05, 0.1) is 18.8 Å². The first-order valence-electron chi connectivity index (χ1n) is 14.0. The summed E-state index contributed by atoms with van der Waals surface area (Å²) in [4.78, 5) is 23.2. The largest absolute Gasteiger partial charge is 0.618 e. The van der Waals surface area contributed by atoms with Gasteiger partial charge < -0.3 is 25.1 Å². The molecule has 1 fully saturated rings. The molecule has 42 heavy (non-hydrogen) atoms. The Hall–Kier alpha value is -3.48. The van der Waals surface area contributed by atoms with Gasteiger partial charge in [-0.2, -0.15) is 4.73 Å². The molecule has 2 heterocycles. The Labute approximate surface area is 249 Å². The molecule has 4 N–H and O–H groups in total. The number of ether oxygens (including phenoxy) is 2. The highest BCUT2D eigenvalue weighted by molar-refractivity contribution is 7.99. The first-order valence-corrected chi connectivity index (χ1v) is 15.0. The highest BCUT2D eigenvalue weighted by atomic mass is 32.2. The SMILES string of the molecule is O=C(CCCCCC(=O)NCc1ccc(C2OC(CSc3cccc[n+]3[O-])CC(c3ccc(CO)cc3)O2)cc1)NO. The number of aliphatic hydroxyl groups is 1. The van der Waals surface area contributed by atoms with Crippen LogP contribution in [-0.4, -0.2) is 34.0 Å². The van der Waals surface area contributed by atoms with Crippen LogP contribution < -0.4 is 15.5 Å². The van der Waals surface area contributed by atoms with E-state index in [4.69, 9.17) is 14.7 Å². The molecule has 10 nitrogen and oxygen atoms in total. The van der Waals surface area contributed by atoms with Crippen molar-refractivity contribution < 1.29 is 34.1 Å². The molecule has 1 saturated heterocycles. The van der Waals surface area contributed by atoms with E-state index in [0.717, 1.165) is 33.4 Å². The van der Waals surface area contributed by atoms with E-state index in [-0.39, 0.29) is 31.1 Å². The van der Waals surface area contributed by atoms with Gasteiger partial charge in [-0.3, -0.25) is 14.8 Å². The Morgan fingerprint density at radius 3 is 2.29 bits per heavy atom. The van der Waals surface area contributed by atoms with Gasteiger partial charge in [0.2, 0.25) is 11.8 Å². The first-order chi connectivity index (χ1) is 20.4. The summed E-state index contributed by atoms with van der Waals surface area (Å²) in [6.45, 7) is 0.366. The molecule has 3 atom stereocenters. The number of carbonyl (C=O) groups is 2. The van der Waals surface area contributed by atoms with Gasteiger partial charge in [0.15, 0.2) is 12.5 Å². The Balaban J connectivity index is 1.34. The number of nitrogens with zero attached hydrogens (tertiary/aromatic N) is 1. The number of hydroxylamine groups is 1. The van der Waals surface area contributed by atoms with Crippen LogP contribution in [0.4, 0.5) is 0 Å². The van der Waals surface area contributed by atoms with Crippen molar-refractivity contribution >= 4 is 23.6 Å². The van der Waals surface area contributed by atoms with Crippen LogP contribution in [0.25, 0.3) is 0 Å². The van der Waals surface area contributed by atoms with E-state index >= 15 is 0 Å². The Bertz CT molecular complexity index is 1290. The summed E-state index contributed by atoms with van der Waals surface area (Å²) < 4.78 is 13.6. The first kappa shape index (κ1) is 31.5.